The molecule has 4 nitrogen and oxygen atoms in total. The Morgan fingerprint density at radius 1 is 1.33 bits per heavy atom. The zero-order valence-electron chi connectivity index (χ0n) is 10.5. The second kappa shape index (κ2) is 6.52. The molecule has 0 spiro atoms. The predicted molar refractivity (Wildman–Crippen MR) is 72.1 cm³/mol. The second-order valence-corrected chi connectivity index (χ2v) is 6.17. The monoisotopic (exact) mass is 291 g/mol. The number of aliphatic hydroxyl groups is 1. The highest BCUT2D eigenvalue weighted by Crippen LogP contribution is 2.21. The standard InChI is InChI=1S/C12H18ClNO3S/c1-3-10(4-2)14-18(16,17)11-6-5-9(8-15)12(13)7-11/h5-7,10,14-15H,3-4,8H2,1-2H3. The van der Waals surface area contributed by atoms with Gasteiger partial charge in [-0.2, -0.15) is 0 Å². The van der Waals surface area contributed by atoms with Crippen molar-refractivity contribution in [2.24, 2.45) is 0 Å². The number of nitrogens with one attached hydrogen (secondary N) is 1. The molecule has 6 heteroatoms. The molecule has 102 valence electrons. The summed E-state index contributed by atoms with van der Waals surface area (Å²) in [7, 11) is -3.55. The van der Waals surface area contributed by atoms with E-state index < -0.39 is 10.0 Å². The van der Waals surface area contributed by atoms with E-state index in [1.807, 2.05) is 13.8 Å². The van der Waals surface area contributed by atoms with Crippen molar-refractivity contribution in [2.75, 3.05) is 0 Å². The van der Waals surface area contributed by atoms with Gasteiger partial charge in [0.25, 0.3) is 0 Å². The van der Waals surface area contributed by atoms with E-state index >= 15 is 0 Å². The van der Waals surface area contributed by atoms with Crippen molar-refractivity contribution in [3.05, 3.63) is 28.8 Å². The molecule has 0 aromatic heterocycles. The van der Waals surface area contributed by atoms with Crippen LogP contribution in [0.1, 0.15) is 32.3 Å². The van der Waals surface area contributed by atoms with Crippen LogP contribution in [0.3, 0.4) is 0 Å². The fourth-order valence-electron chi connectivity index (χ4n) is 1.57. The molecule has 0 unspecified atom stereocenters. The molecule has 0 radical (unpaired) electrons. The van der Waals surface area contributed by atoms with E-state index in [4.69, 9.17) is 16.7 Å². The van der Waals surface area contributed by atoms with Gasteiger partial charge < -0.3 is 5.11 Å². The lowest BCUT2D eigenvalue weighted by atomic mass is 10.2. The lowest BCUT2D eigenvalue weighted by Crippen LogP contribution is -2.33. The van der Waals surface area contributed by atoms with Gasteiger partial charge in [0.1, 0.15) is 0 Å². The smallest absolute Gasteiger partial charge is 0.240 e. The zero-order valence-corrected chi connectivity index (χ0v) is 12.1. The summed E-state index contributed by atoms with van der Waals surface area (Å²) >= 11 is 5.89. The maximum Gasteiger partial charge on any atom is 0.240 e. The summed E-state index contributed by atoms with van der Waals surface area (Å²) in [4.78, 5) is 0.122. The number of hydrogen-bond acceptors (Lipinski definition) is 3. The van der Waals surface area contributed by atoms with Gasteiger partial charge in [0.05, 0.1) is 11.5 Å². The highest BCUT2D eigenvalue weighted by Gasteiger charge is 2.18. The van der Waals surface area contributed by atoms with E-state index in [1.54, 1.807) is 0 Å². The van der Waals surface area contributed by atoms with Crippen LogP contribution >= 0.6 is 11.6 Å². The SMILES string of the molecule is CCC(CC)NS(=O)(=O)c1ccc(CO)c(Cl)c1. The van der Waals surface area contributed by atoms with Crippen LogP contribution in [0, 0.1) is 0 Å². The molecule has 18 heavy (non-hydrogen) atoms. The summed E-state index contributed by atoms with van der Waals surface area (Å²) in [6.07, 6.45) is 1.47. The topological polar surface area (TPSA) is 66.4 Å². The Morgan fingerprint density at radius 2 is 1.94 bits per heavy atom. The molecule has 0 aliphatic heterocycles. The summed E-state index contributed by atoms with van der Waals surface area (Å²) in [5.74, 6) is 0. The number of aliphatic hydroxyl groups excluding tert-OH is 1. The van der Waals surface area contributed by atoms with E-state index in [0.717, 1.165) is 12.8 Å². The molecule has 1 aromatic rings. The Labute approximate surface area is 113 Å². The fourth-order valence-corrected chi connectivity index (χ4v) is 3.30. The van der Waals surface area contributed by atoms with Crippen LogP contribution in [-0.2, 0) is 16.6 Å². The first-order valence-corrected chi connectivity index (χ1v) is 7.72. The number of hydrogen-bond donors (Lipinski definition) is 2. The highest BCUT2D eigenvalue weighted by molar-refractivity contribution is 7.89. The van der Waals surface area contributed by atoms with Gasteiger partial charge in [-0.15, -0.1) is 0 Å². The van der Waals surface area contributed by atoms with E-state index in [1.165, 1.54) is 18.2 Å². The third-order valence-electron chi connectivity index (χ3n) is 2.81. The molecule has 1 aromatic carbocycles. The maximum atomic E-state index is 12.1. The molecule has 0 saturated carbocycles. The van der Waals surface area contributed by atoms with Gasteiger partial charge in [0, 0.05) is 11.1 Å². The van der Waals surface area contributed by atoms with Crippen LogP contribution < -0.4 is 4.72 Å². The van der Waals surface area contributed by atoms with Crippen molar-refractivity contribution in [3.63, 3.8) is 0 Å². The van der Waals surface area contributed by atoms with Gasteiger partial charge in [-0.25, -0.2) is 13.1 Å². The normalized spacial score (nSPS) is 12.1. The Bertz CT molecular complexity index is 498. The molecule has 0 fully saturated rings. The first kappa shape index (κ1) is 15.4. The molecule has 0 saturated heterocycles. The predicted octanol–water partition coefficient (Wildman–Crippen LogP) is 2.30. The van der Waals surface area contributed by atoms with E-state index in [-0.39, 0.29) is 22.6 Å². The van der Waals surface area contributed by atoms with Crippen LogP contribution in [0.4, 0.5) is 0 Å². The van der Waals surface area contributed by atoms with Crippen molar-refractivity contribution >= 4 is 21.6 Å². The lowest BCUT2D eigenvalue weighted by molar-refractivity contribution is 0.282. The number of benzene rings is 1. The second-order valence-electron chi connectivity index (χ2n) is 4.05. The van der Waals surface area contributed by atoms with E-state index in [0.29, 0.717) is 5.56 Å². The van der Waals surface area contributed by atoms with Gasteiger partial charge >= 0.3 is 0 Å². The average molecular weight is 292 g/mol. The van der Waals surface area contributed by atoms with Crippen molar-refractivity contribution in [1.82, 2.24) is 4.72 Å². The van der Waals surface area contributed by atoms with Crippen LogP contribution in [0.25, 0.3) is 0 Å². The van der Waals surface area contributed by atoms with Crippen LogP contribution in [0.5, 0.6) is 0 Å². The minimum absolute atomic E-state index is 0.0775. The fraction of sp³-hybridized carbons (Fsp3) is 0.500. The van der Waals surface area contributed by atoms with Crippen LogP contribution in [-0.4, -0.2) is 19.6 Å². The molecule has 2 N–H and O–H groups in total. The largest absolute Gasteiger partial charge is 0.392 e. The zero-order chi connectivity index (χ0) is 13.8. The highest BCUT2D eigenvalue weighted by atomic mass is 35.5. The minimum atomic E-state index is -3.55. The molecule has 0 bridgehead atoms. The first-order chi connectivity index (χ1) is 8.44. The summed E-state index contributed by atoms with van der Waals surface area (Å²) in [6, 6.07) is 4.25. The molecule has 0 aliphatic rings. The Balaban J connectivity index is 3.02. The van der Waals surface area contributed by atoms with Crippen molar-refractivity contribution in [3.8, 4) is 0 Å². The van der Waals surface area contributed by atoms with Crippen molar-refractivity contribution < 1.29 is 13.5 Å². The Hall–Kier alpha value is -0.620. The summed E-state index contributed by atoms with van der Waals surface area (Å²) in [6.45, 7) is 3.65. The first-order valence-electron chi connectivity index (χ1n) is 5.86. The van der Waals surface area contributed by atoms with Crippen molar-refractivity contribution in [1.29, 1.82) is 0 Å². The Kier molecular flexibility index (Phi) is 5.59. The molecular formula is C12H18ClNO3S. The maximum absolute atomic E-state index is 12.1. The molecule has 0 aliphatic carbocycles. The summed E-state index contributed by atoms with van der Waals surface area (Å²) in [5, 5.41) is 9.24. The number of sulfonamides is 1. The number of rotatable bonds is 6. The molecule has 0 atom stereocenters. The molecular weight excluding hydrogens is 274 g/mol. The van der Waals surface area contributed by atoms with Gasteiger partial charge in [0.15, 0.2) is 0 Å². The van der Waals surface area contributed by atoms with Crippen molar-refractivity contribution in [2.45, 2.75) is 44.2 Å². The number of halogens is 1. The molecule has 0 amide bonds. The quantitative estimate of drug-likeness (QED) is 0.845. The van der Waals surface area contributed by atoms with E-state index in [2.05, 4.69) is 4.72 Å². The third-order valence-corrected chi connectivity index (χ3v) is 4.68. The van der Waals surface area contributed by atoms with E-state index in [9.17, 15) is 8.42 Å². The molecule has 0 heterocycles. The third kappa shape index (κ3) is 3.68. The Morgan fingerprint density at radius 3 is 2.39 bits per heavy atom. The van der Waals surface area contributed by atoms with Crippen LogP contribution in [0.15, 0.2) is 23.1 Å². The van der Waals surface area contributed by atoms with Gasteiger partial charge in [0.2, 0.25) is 10.0 Å². The average Bonchev–Trinajstić information content (AvgIpc) is 2.35. The van der Waals surface area contributed by atoms with Gasteiger partial charge in [-0.1, -0.05) is 31.5 Å². The summed E-state index contributed by atoms with van der Waals surface area (Å²) < 4.78 is 26.8. The van der Waals surface area contributed by atoms with Crippen LogP contribution in [0.2, 0.25) is 5.02 Å². The van der Waals surface area contributed by atoms with Gasteiger partial charge in [-0.3, -0.25) is 0 Å². The van der Waals surface area contributed by atoms with Gasteiger partial charge in [-0.05, 0) is 30.5 Å². The molecule has 1 rings (SSSR count). The minimum Gasteiger partial charge on any atom is -0.392 e. The summed E-state index contributed by atoms with van der Waals surface area (Å²) in [5.41, 5.74) is 0.512. The lowest BCUT2D eigenvalue weighted by Gasteiger charge is -2.15.